The SMILES string of the molecule is Cc1cc(N)cc(S(=O)(=O)NC(C)C(C)CO)c1F. The third kappa shape index (κ3) is 3.65. The molecule has 4 N–H and O–H groups in total. The molecule has 0 saturated heterocycles. The van der Waals surface area contributed by atoms with Crippen molar-refractivity contribution in [2.24, 2.45) is 5.92 Å². The van der Waals surface area contributed by atoms with Gasteiger partial charge < -0.3 is 10.8 Å². The molecule has 5 nitrogen and oxygen atoms in total. The summed E-state index contributed by atoms with van der Waals surface area (Å²) in [6, 6.07) is 1.94. The van der Waals surface area contributed by atoms with Gasteiger partial charge in [0, 0.05) is 18.3 Å². The molecule has 2 unspecified atom stereocenters. The van der Waals surface area contributed by atoms with Crippen LogP contribution in [-0.2, 0) is 10.0 Å². The zero-order valence-corrected chi connectivity index (χ0v) is 12.0. The van der Waals surface area contributed by atoms with Crippen LogP contribution in [0.15, 0.2) is 17.0 Å². The number of nitrogens with one attached hydrogen (secondary N) is 1. The Labute approximate surface area is 112 Å². The smallest absolute Gasteiger partial charge is 0.243 e. The summed E-state index contributed by atoms with van der Waals surface area (Å²) < 4.78 is 40.4. The summed E-state index contributed by atoms with van der Waals surface area (Å²) in [5.41, 5.74) is 5.90. The summed E-state index contributed by atoms with van der Waals surface area (Å²) in [6.07, 6.45) is 0. The van der Waals surface area contributed by atoms with E-state index >= 15 is 0 Å². The molecule has 0 aromatic heterocycles. The summed E-state index contributed by atoms with van der Waals surface area (Å²) in [5, 5.41) is 8.99. The van der Waals surface area contributed by atoms with Gasteiger partial charge in [-0.1, -0.05) is 6.92 Å². The van der Waals surface area contributed by atoms with Crippen LogP contribution in [0.2, 0.25) is 0 Å². The maximum absolute atomic E-state index is 13.9. The molecule has 1 aromatic rings. The van der Waals surface area contributed by atoms with Crippen LogP contribution in [0.25, 0.3) is 0 Å². The Hall–Kier alpha value is -1.18. The molecule has 1 rings (SSSR count). The van der Waals surface area contributed by atoms with Crippen LogP contribution in [0.1, 0.15) is 19.4 Å². The number of nitrogen functional groups attached to an aromatic ring is 1. The van der Waals surface area contributed by atoms with E-state index in [1.807, 2.05) is 0 Å². The fourth-order valence-corrected chi connectivity index (χ4v) is 3.08. The van der Waals surface area contributed by atoms with Gasteiger partial charge in [-0.25, -0.2) is 17.5 Å². The molecule has 0 aliphatic carbocycles. The number of aliphatic hydroxyl groups is 1. The van der Waals surface area contributed by atoms with Gasteiger partial charge >= 0.3 is 0 Å². The number of hydrogen-bond donors (Lipinski definition) is 3. The number of rotatable bonds is 5. The minimum Gasteiger partial charge on any atom is -0.399 e. The van der Waals surface area contributed by atoms with Crippen LogP contribution in [0, 0.1) is 18.7 Å². The Morgan fingerprint density at radius 1 is 1.42 bits per heavy atom. The van der Waals surface area contributed by atoms with Gasteiger partial charge in [0.2, 0.25) is 10.0 Å². The van der Waals surface area contributed by atoms with Crippen LogP contribution in [0.3, 0.4) is 0 Å². The molecular weight excluding hydrogens is 271 g/mol. The predicted octanol–water partition coefficient (Wildman–Crippen LogP) is 1.01. The Morgan fingerprint density at radius 2 is 2.00 bits per heavy atom. The number of nitrogens with two attached hydrogens (primary N) is 1. The first-order valence-electron chi connectivity index (χ1n) is 5.88. The van der Waals surface area contributed by atoms with E-state index in [-0.39, 0.29) is 23.8 Å². The number of aryl methyl sites for hydroxylation is 1. The minimum absolute atomic E-state index is 0.165. The summed E-state index contributed by atoms with van der Waals surface area (Å²) >= 11 is 0. The quantitative estimate of drug-likeness (QED) is 0.706. The second-order valence-corrected chi connectivity index (χ2v) is 6.40. The van der Waals surface area contributed by atoms with E-state index in [1.54, 1.807) is 13.8 Å². The van der Waals surface area contributed by atoms with Crippen molar-refractivity contribution in [2.45, 2.75) is 31.7 Å². The number of hydrogen-bond acceptors (Lipinski definition) is 4. The normalized spacial score (nSPS) is 15.2. The van der Waals surface area contributed by atoms with Crippen molar-refractivity contribution in [3.63, 3.8) is 0 Å². The standard InChI is InChI=1S/C12H19FN2O3S/c1-7-4-10(14)5-11(12(7)13)19(17,18)15-9(3)8(2)6-16/h4-5,8-9,15-16H,6,14H2,1-3H3. The third-order valence-electron chi connectivity index (χ3n) is 3.02. The van der Waals surface area contributed by atoms with Crippen LogP contribution in [0.4, 0.5) is 10.1 Å². The predicted molar refractivity (Wildman–Crippen MR) is 71.6 cm³/mol. The minimum atomic E-state index is -4.01. The van der Waals surface area contributed by atoms with Crippen LogP contribution in [0.5, 0.6) is 0 Å². The highest BCUT2D eigenvalue weighted by molar-refractivity contribution is 7.89. The van der Waals surface area contributed by atoms with Gasteiger partial charge in [-0.15, -0.1) is 0 Å². The first-order valence-corrected chi connectivity index (χ1v) is 7.36. The van der Waals surface area contributed by atoms with Crippen molar-refractivity contribution >= 4 is 15.7 Å². The fraction of sp³-hybridized carbons (Fsp3) is 0.500. The summed E-state index contributed by atoms with van der Waals surface area (Å²) in [7, 11) is -4.01. The Bertz CT molecular complexity index is 560. The third-order valence-corrected chi connectivity index (χ3v) is 4.57. The van der Waals surface area contributed by atoms with E-state index in [4.69, 9.17) is 10.8 Å². The van der Waals surface area contributed by atoms with Gasteiger partial charge in [-0.3, -0.25) is 0 Å². The molecule has 0 saturated carbocycles. The lowest BCUT2D eigenvalue weighted by Crippen LogP contribution is -2.38. The molecule has 0 spiro atoms. The van der Waals surface area contributed by atoms with Crippen molar-refractivity contribution in [3.05, 3.63) is 23.5 Å². The highest BCUT2D eigenvalue weighted by Gasteiger charge is 2.25. The highest BCUT2D eigenvalue weighted by atomic mass is 32.2. The van der Waals surface area contributed by atoms with Gasteiger partial charge in [0.05, 0.1) is 0 Å². The van der Waals surface area contributed by atoms with Gasteiger partial charge in [0.25, 0.3) is 0 Å². The van der Waals surface area contributed by atoms with Crippen molar-refractivity contribution in [3.8, 4) is 0 Å². The van der Waals surface area contributed by atoms with Crippen molar-refractivity contribution < 1.29 is 17.9 Å². The first-order chi connectivity index (χ1) is 8.69. The van der Waals surface area contributed by atoms with Crippen molar-refractivity contribution in [2.75, 3.05) is 12.3 Å². The highest BCUT2D eigenvalue weighted by Crippen LogP contribution is 2.22. The van der Waals surface area contributed by atoms with Crippen LogP contribution >= 0.6 is 0 Å². The van der Waals surface area contributed by atoms with Crippen LogP contribution in [-0.4, -0.2) is 26.2 Å². The lowest BCUT2D eigenvalue weighted by molar-refractivity contribution is 0.216. The Morgan fingerprint density at radius 3 is 2.53 bits per heavy atom. The molecule has 0 fully saturated rings. The van der Waals surface area contributed by atoms with Crippen LogP contribution < -0.4 is 10.5 Å². The lowest BCUT2D eigenvalue weighted by atomic mass is 10.1. The fourth-order valence-electron chi connectivity index (χ4n) is 1.54. The summed E-state index contributed by atoms with van der Waals surface area (Å²) in [6.45, 7) is 4.58. The number of benzene rings is 1. The maximum atomic E-state index is 13.9. The molecule has 19 heavy (non-hydrogen) atoms. The first kappa shape index (κ1) is 15.9. The van der Waals surface area contributed by atoms with Crippen molar-refractivity contribution in [1.29, 1.82) is 0 Å². The van der Waals surface area contributed by atoms with E-state index in [1.165, 1.54) is 13.0 Å². The largest absolute Gasteiger partial charge is 0.399 e. The molecule has 0 radical (unpaired) electrons. The molecule has 108 valence electrons. The van der Waals surface area contributed by atoms with E-state index in [0.29, 0.717) is 0 Å². The van der Waals surface area contributed by atoms with Gasteiger partial charge in [0.1, 0.15) is 10.7 Å². The second kappa shape index (κ2) is 5.85. The molecule has 1 aromatic carbocycles. The zero-order valence-electron chi connectivity index (χ0n) is 11.1. The van der Waals surface area contributed by atoms with Gasteiger partial charge in [-0.2, -0.15) is 0 Å². The molecule has 2 atom stereocenters. The average molecular weight is 290 g/mol. The number of anilines is 1. The van der Waals surface area contributed by atoms with E-state index in [0.717, 1.165) is 6.07 Å². The number of halogens is 1. The molecular formula is C12H19FN2O3S. The second-order valence-electron chi connectivity index (χ2n) is 4.72. The molecule has 0 aliphatic rings. The van der Waals surface area contributed by atoms with Gasteiger partial charge in [-0.05, 0) is 37.5 Å². The van der Waals surface area contributed by atoms with E-state index in [2.05, 4.69) is 4.72 Å². The molecule has 0 heterocycles. The number of aliphatic hydroxyl groups excluding tert-OH is 1. The lowest BCUT2D eigenvalue weighted by Gasteiger charge is -2.19. The molecule has 0 amide bonds. The van der Waals surface area contributed by atoms with E-state index in [9.17, 15) is 12.8 Å². The summed E-state index contributed by atoms with van der Waals surface area (Å²) in [5.74, 6) is -1.09. The molecule has 7 heteroatoms. The summed E-state index contributed by atoms with van der Waals surface area (Å²) in [4.78, 5) is -0.470. The van der Waals surface area contributed by atoms with Crippen molar-refractivity contribution in [1.82, 2.24) is 4.72 Å². The van der Waals surface area contributed by atoms with Gasteiger partial charge in [0.15, 0.2) is 0 Å². The Kier molecular flexibility index (Phi) is 4.89. The topological polar surface area (TPSA) is 92.4 Å². The average Bonchev–Trinajstić information content (AvgIpc) is 2.31. The monoisotopic (exact) mass is 290 g/mol. The van der Waals surface area contributed by atoms with E-state index < -0.39 is 26.8 Å². The maximum Gasteiger partial charge on any atom is 0.243 e. The molecule has 0 aliphatic heterocycles. The zero-order chi connectivity index (χ0) is 14.8. The number of sulfonamides is 1. The Balaban J connectivity index is 3.14. The molecule has 0 bridgehead atoms.